The van der Waals surface area contributed by atoms with E-state index in [1.165, 1.54) is 25.3 Å². The van der Waals surface area contributed by atoms with Gasteiger partial charge in [0.25, 0.3) is 5.91 Å². The van der Waals surface area contributed by atoms with Crippen molar-refractivity contribution in [2.24, 2.45) is 0 Å². The van der Waals surface area contributed by atoms with Gasteiger partial charge in [0.05, 0.1) is 19.3 Å². The summed E-state index contributed by atoms with van der Waals surface area (Å²) in [5.41, 5.74) is -0.0975. The van der Waals surface area contributed by atoms with Gasteiger partial charge in [0.15, 0.2) is 11.6 Å². The molecule has 1 unspecified atom stereocenters. The van der Waals surface area contributed by atoms with Crippen LogP contribution >= 0.6 is 0 Å². The number of carbonyl (C=O) groups is 1. The third-order valence-corrected chi connectivity index (χ3v) is 2.08. The topological polar surface area (TPSA) is 58.6 Å². The first-order valence-corrected chi connectivity index (χ1v) is 4.84. The number of nitrogens with one attached hydrogen (secondary N) is 1. The lowest BCUT2D eigenvalue weighted by Gasteiger charge is -2.12. The second-order valence-corrected chi connectivity index (χ2v) is 3.38. The Kier molecular flexibility index (Phi) is 4.25. The Morgan fingerprint density at radius 3 is 2.88 bits per heavy atom. The second-order valence-electron chi connectivity index (χ2n) is 3.38. The highest BCUT2D eigenvalue weighted by molar-refractivity contribution is 5.95. The minimum absolute atomic E-state index is 0.0179. The van der Waals surface area contributed by atoms with Crippen molar-refractivity contribution in [2.75, 3.05) is 13.7 Å². The molecule has 0 aliphatic carbocycles. The van der Waals surface area contributed by atoms with Gasteiger partial charge in [-0.25, -0.2) is 4.39 Å². The fourth-order valence-electron chi connectivity index (χ4n) is 1.19. The first kappa shape index (κ1) is 12.4. The minimum Gasteiger partial charge on any atom is -0.494 e. The Morgan fingerprint density at radius 2 is 2.31 bits per heavy atom. The average Bonchev–Trinajstić information content (AvgIpc) is 2.29. The number of aliphatic hydroxyl groups is 1. The van der Waals surface area contributed by atoms with Crippen LogP contribution in [0.25, 0.3) is 0 Å². The van der Waals surface area contributed by atoms with Gasteiger partial charge in [-0.1, -0.05) is 6.07 Å². The summed E-state index contributed by atoms with van der Waals surface area (Å²) in [5, 5.41) is 11.2. The number of rotatable bonds is 4. The van der Waals surface area contributed by atoms with Crippen molar-refractivity contribution in [3.8, 4) is 5.75 Å². The number of amides is 1. The predicted molar refractivity (Wildman–Crippen MR) is 57.0 cm³/mol. The van der Waals surface area contributed by atoms with Crippen LogP contribution in [0.5, 0.6) is 5.75 Å². The van der Waals surface area contributed by atoms with Gasteiger partial charge < -0.3 is 15.2 Å². The molecule has 0 bridgehead atoms. The summed E-state index contributed by atoms with van der Waals surface area (Å²) in [6.07, 6.45) is 0. The molecule has 16 heavy (non-hydrogen) atoms. The zero-order chi connectivity index (χ0) is 12.1. The number of halogens is 1. The van der Waals surface area contributed by atoms with Crippen molar-refractivity contribution in [1.82, 2.24) is 5.32 Å². The zero-order valence-corrected chi connectivity index (χ0v) is 9.16. The molecule has 4 nitrogen and oxygen atoms in total. The van der Waals surface area contributed by atoms with Crippen molar-refractivity contribution >= 4 is 5.91 Å². The molecule has 88 valence electrons. The van der Waals surface area contributed by atoms with E-state index < -0.39 is 17.8 Å². The van der Waals surface area contributed by atoms with Gasteiger partial charge in [0.1, 0.15) is 0 Å². The summed E-state index contributed by atoms with van der Waals surface area (Å²) < 4.78 is 18.4. The molecule has 1 atom stereocenters. The van der Waals surface area contributed by atoms with Crippen molar-refractivity contribution in [3.05, 3.63) is 29.6 Å². The third-order valence-electron chi connectivity index (χ3n) is 2.08. The van der Waals surface area contributed by atoms with E-state index in [1.54, 1.807) is 6.92 Å². The van der Waals surface area contributed by atoms with E-state index in [1.807, 2.05) is 0 Å². The van der Waals surface area contributed by atoms with Gasteiger partial charge >= 0.3 is 0 Å². The van der Waals surface area contributed by atoms with E-state index in [-0.39, 0.29) is 17.9 Å². The highest BCUT2D eigenvalue weighted by atomic mass is 19.1. The Hall–Kier alpha value is -1.62. The molecule has 1 aromatic rings. The van der Waals surface area contributed by atoms with Crippen molar-refractivity contribution in [3.63, 3.8) is 0 Å². The van der Waals surface area contributed by atoms with Crippen molar-refractivity contribution in [2.45, 2.75) is 13.0 Å². The van der Waals surface area contributed by atoms with Crippen LogP contribution in [0.15, 0.2) is 18.2 Å². The maximum atomic E-state index is 13.6. The Morgan fingerprint density at radius 1 is 1.62 bits per heavy atom. The molecule has 1 amide bonds. The van der Waals surface area contributed by atoms with Crippen LogP contribution in [-0.4, -0.2) is 30.8 Å². The standard InChI is InChI=1S/C11H14FNO3/c1-7(6-14)13-11(15)8-4-3-5-9(16-2)10(8)12/h3-5,7,14H,6H2,1-2H3,(H,13,15). The molecule has 0 saturated heterocycles. The molecular weight excluding hydrogens is 213 g/mol. The van der Waals surface area contributed by atoms with E-state index in [2.05, 4.69) is 5.32 Å². The predicted octanol–water partition coefficient (Wildman–Crippen LogP) is 0.945. The van der Waals surface area contributed by atoms with E-state index in [0.717, 1.165) is 0 Å². The van der Waals surface area contributed by atoms with Crippen LogP contribution in [0.3, 0.4) is 0 Å². The maximum Gasteiger partial charge on any atom is 0.254 e. The highest BCUT2D eigenvalue weighted by Crippen LogP contribution is 2.19. The Balaban J connectivity index is 2.91. The maximum absolute atomic E-state index is 13.6. The lowest BCUT2D eigenvalue weighted by Crippen LogP contribution is -2.35. The van der Waals surface area contributed by atoms with E-state index in [4.69, 9.17) is 9.84 Å². The molecule has 2 N–H and O–H groups in total. The zero-order valence-electron chi connectivity index (χ0n) is 9.16. The van der Waals surface area contributed by atoms with Crippen molar-refractivity contribution in [1.29, 1.82) is 0 Å². The number of methoxy groups -OCH3 is 1. The number of hydrogen-bond donors (Lipinski definition) is 2. The van der Waals surface area contributed by atoms with Gasteiger partial charge in [0, 0.05) is 6.04 Å². The highest BCUT2D eigenvalue weighted by Gasteiger charge is 2.16. The lowest BCUT2D eigenvalue weighted by molar-refractivity contribution is 0.0917. The van der Waals surface area contributed by atoms with E-state index in [9.17, 15) is 9.18 Å². The van der Waals surface area contributed by atoms with Gasteiger partial charge in [-0.2, -0.15) is 0 Å². The van der Waals surface area contributed by atoms with Gasteiger partial charge in [0.2, 0.25) is 0 Å². The summed E-state index contributed by atoms with van der Waals surface area (Å²) in [6.45, 7) is 1.42. The average molecular weight is 227 g/mol. The van der Waals surface area contributed by atoms with E-state index >= 15 is 0 Å². The molecule has 0 radical (unpaired) electrons. The first-order valence-electron chi connectivity index (χ1n) is 4.84. The fraction of sp³-hybridized carbons (Fsp3) is 0.364. The molecule has 0 aliphatic heterocycles. The molecule has 0 fully saturated rings. The number of benzene rings is 1. The van der Waals surface area contributed by atoms with Gasteiger partial charge in [-0.05, 0) is 19.1 Å². The summed E-state index contributed by atoms with van der Waals surface area (Å²) in [6, 6.07) is 3.90. The quantitative estimate of drug-likeness (QED) is 0.805. The SMILES string of the molecule is COc1cccc(C(=O)NC(C)CO)c1F. The summed E-state index contributed by atoms with van der Waals surface area (Å²) >= 11 is 0. The number of ether oxygens (including phenoxy) is 1. The normalized spacial score (nSPS) is 12.0. The monoisotopic (exact) mass is 227 g/mol. The molecular formula is C11H14FNO3. The number of hydrogen-bond acceptors (Lipinski definition) is 3. The Bertz CT molecular complexity index is 381. The molecule has 0 spiro atoms. The molecule has 1 rings (SSSR count). The molecule has 0 aromatic heterocycles. The van der Waals surface area contributed by atoms with Crippen LogP contribution in [-0.2, 0) is 0 Å². The molecule has 0 heterocycles. The fourth-order valence-corrected chi connectivity index (χ4v) is 1.19. The van der Waals surface area contributed by atoms with Crippen LogP contribution in [0.2, 0.25) is 0 Å². The second kappa shape index (κ2) is 5.46. The minimum atomic E-state index is -0.701. The van der Waals surface area contributed by atoms with E-state index in [0.29, 0.717) is 0 Å². The van der Waals surface area contributed by atoms with Crippen LogP contribution < -0.4 is 10.1 Å². The van der Waals surface area contributed by atoms with Gasteiger partial charge in [-0.15, -0.1) is 0 Å². The molecule has 0 saturated carbocycles. The summed E-state index contributed by atoms with van der Waals surface area (Å²) in [7, 11) is 1.33. The largest absolute Gasteiger partial charge is 0.494 e. The smallest absolute Gasteiger partial charge is 0.254 e. The molecule has 1 aromatic carbocycles. The number of carbonyl (C=O) groups excluding carboxylic acids is 1. The third kappa shape index (κ3) is 2.70. The first-order chi connectivity index (χ1) is 7.60. The molecule has 0 aliphatic rings. The lowest BCUT2D eigenvalue weighted by atomic mass is 10.1. The Labute approximate surface area is 93.0 Å². The van der Waals surface area contributed by atoms with Crippen LogP contribution in [0, 0.1) is 5.82 Å². The molecule has 5 heteroatoms. The van der Waals surface area contributed by atoms with Crippen LogP contribution in [0.1, 0.15) is 17.3 Å². The van der Waals surface area contributed by atoms with Crippen molar-refractivity contribution < 1.29 is 19.0 Å². The summed E-state index contributed by atoms with van der Waals surface area (Å²) in [4.78, 5) is 11.6. The number of aliphatic hydroxyl groups excluding tert-OH is 1. The summed E-state index contributed by atoms with van der Waals surface area (Å²) in [5.74, 6) is -1.25. The van der Waals surface area contributed by atoms with Gasteiger partial charge in [-0.3, -0.25) is 4.79 Å². The van der Waals surface area contributed by atoms with Crippen LogP contribution in [0.4, 0.5) is 4.39 Å².